The van der Waals surface area contributed by atoms with E-state index < -0.39 is 0 Å². The predicted octanol–water partition coefficient (Wildman–Crippen LogP) is 1.26. The van der Waals surface area contributed by atoms with Gasteiger partial charge in [0.2, 0.25) is 5.91 Å². The van der Waals surface area contributed by atoms with Crippen LogP contribution in [0.25, 0.3) is 0 Å². The Labute approximate surface area is 89.3 Å². The largest absolute Gasteiger partial charge is 0.352 e. The molecule has 0 fully saturated rings. The van der Waals surface area contributed by atoms with E-state index in [-0.39, 0.29) is 11.8 Å². The van der Waals surface area contributed by atoms with Crippen molar-refractivity contribution < 1.29 is 4.79 Å². The number of aromatic nitrogens is 1. The van der Waals surface area contributed by atoms with Gasteiger partial charge in [0, 0.05) is 30.6 Å². The number of hydrogen-bond acceptors (Lipinski definition) is 3. The first-order chi connectivity index (χ1) is 6.74. The van der Waals surface area contributed by atoms with Gasteiger partial charge in [-0.3, -0.25) is 9.78 Å². The molecule has 1 aromatic rings. The van der Waals surface area contributed by atoms with Crippen LogP contribution in [-0.4, -0.2) is 16.6 Å². The van der Waals surface area contributed by atoms with Crippen molar-refractivity contribution in [2.45, 2.75) is 13.5 Å². The van der Waals surface area contributed by atoms with Crippen LogP contribution in [0.3, 0.4) is 0 Å². The predicted molar refractivity (Wildman–Crippen MR) is 59.1 cm³/mol. The number of nitrogens with zero attached hydrogens (tertiary/aromatic N) is 1. The minimum Gasteiger partial charge on any atom is -0.352 e. The van der Waals surface area contributed by atoms with E-state index in [1.165, 1.54) is 0 Å². The summed E-state index contributed by atoms with van der Waals surface area (Å²) in [5, 5.41) is 2.83. The topological polar surface area (TPSA) is 42.0 Å². The summed E-state index contributed by atoms with van der Waals surface area (Å²) in [4.78, 5) is 15.3. The van der Waals surface area contributed by atoms with E-state index in [0.717, 1.165) is 5.56 Å². The molecule has 1 aromatic heterocycles. The summed E-state index contributed by atoms with van der Waals surface area (Å²) in [6.07, 6.45) is 3.42. The fourth-order valence-electron chi connectivity index (χ4n) is 0.947. The minimum absolute atomic E-state index is 0.0387. The Balaban J connectivity index is 2.38. The van der Waals surface area contributed by atoms with Crippen LogP contribution in [0.2, 0.25) is 0 Å². The van der Waals surface area contributed by atoms with Crippen molar-refractivity contribution in [2.75, 3.05) is 5.75 Å². The van der Waals surface area contributed by atoms with Gasteiger partial charge in [-0.05, 0) is 17.7 Å². The Morgan fingerprint density at radius 2 is 2.21 bits per heavy atom. The molecule has 1 rings (SSSR count). The van der Waals surface area contributed by atoms with Gasteiger partial charge in [-0.2, -0.15) is 12.6 Å². The molecule has 0 aromatic carbocycles. The van der Waals surface area contributed by atoms with Crippen LogP contribution in [0, 0.1) is 5.92 Å². The monoisotopic (exact) mass is 210 g/mol. The van der Waals surface area contributed by atoms with Crippen molar-refractivity contribution >= 4 is 18.5 Å². The highest BCUT2D eigenvalue weighted by atomic mass is 32.1. The molecular formula is C10H14N2OS. The van der Waals surface area contributed by atoms with Crippen LogP contribution in [-0.2, 0) is 11.3 Å². The highest BCUT2D eigenvalue weighted by Gasteiger charge is 2.09. The Kier molecular flexibility index (Phi) is 4.46. The van der Waals surface area contributed by atoms with Gasteiger partial charge < -0.3 is 5.32 Å². The molecule has 3 nitrogen and oxygen atoms in total. The molecule has 0 saturated heterocycles. The van der Waals surface area contributed by atoms with Gasteiger partial charge in [0.25, 0.3) is 0 Å². The second kappa shape index (κ2) is 5.65. The van der Waals surface area contributed by atoms with Crippen molar-refractivity contribution in [2.24, 2.45) is 5.92 Å². The molecule has 0 radical (unpaired) electrons. The second-order valence-corrected chi connectivity index (χ2v) is 3.52. The molecule has 1 heterocycles. The number of rotatable bonds is 4. The molecule has 1 N–H and O–H groups in total. The van der Waals surface area contributed by atoms with E-state index in [2.05, 4.69) is 22.9 Å². The lowest BCUT2D eigenvalue weighted by Gasteiger charge is -2.09. The third-order valence-corrected chi connectivity index (χ3v) is 2.49. The Morgan fingerprint density at radius 1 is 1.57 bits per heavy atom. The first-order valence-corrected chi connectivity index (χ1v) is 5.14. The van der Waals surface area contributed by atoms with Gasteiger partial charge in [-0.15, -0.1) is 0 Å². The van der Waals surface area contributed by atoms with Crippen LogP contribution in [0.1, 0.15) is 12.5 Å². The van der Waals surface area contributed by atoms with Crippen LogP contribution in [0.15, 0.2) is 24.5 Å². The summed E-state index contributed by atoms with van der Waals surface area (Å²) in [6, 6.07) is 3.76. The van der Waals surface area contributed by atoms with E-state index in [0.29, 0.717) is 12.3 Å². The summed E-state index contributed by atoms with van der Waals surface area (Å²) >= 11 is 4.06. The van der Waals surface area contributed by atoms with Gasteiger partial charge in [-0.1, -0.05) is 6.92 Å². The molecule has 4 heteroatoms. The molecule has 1 amide bonds. The summed E-state index contributed by atoms with van der Waals surface area (Å²) in [5.41, 5.74) is 1.06. The molecule has 0 aliphatic carbocycles. The Hall–Kier alpha value is -1.03. The first-order valence-electron chi connectivity index (χ1n) is 4.51. The number of pyridine rings is 1. The number of hydrogen-bond donors (Lipinski definition) is 2. The van der Waals surface area contributed by atoms with Gasteiger partial charge in [-0.25, -0.2) is 0 Å². The fourth-order valence-corrected chi connectivity index (χ4v) is 1.11. The fraction of sp³-hybridized carbons (Fsp3) is 0.400. The maximum atomic E-state index is 11.4. The minimum atomic E-state index is -0.0415. The third kappa shape index (κ3) is 3.38. The summed E-state index contributed by atoms with van der Waals surface area (Å²) in [5.74, 6) is 0.569. The number of amides is 1. The van der Waals surface area contributed by atoms with Crippen molar-refractivity contribution in [3.05, 3.63) is 30.1 Å². The number of thiol groups is 1. The number of nitrogens with one attached hydrogen (secondary N) is 1. The van der Waals surface area contributed by atoms with E-state index >= 15 is 0 Å². The maximum absolute atomic E-state index is 11.4. The molecule has 1 atom stereocenters. The molecule has 0 bridgehead atoms. The molecule has 76 valence electrons. The quantitative estimate of drug-likeness (QED) is 0.735. The molecule has 14 heavy (non-hydrogen) atoms. The molecular weight excluding hydrogens is 196 g/mol. The Bertz CT molecular complexity index is 289. The lowest BCUT2D eigenvalue weighted by atomic mass is 10.2. The van der Waals surface area contributed by atoms with E-state index in [4.69, 9.17) is 0 Å². The standard InChI is InChI=1S/C10H14N2OS/c1-8(7-14)10(13)12-6-9-2-4-11-5-3-9/h2-5,8,14H,6-7H2,1H3,(H,12,13). The molecule has 1 unspecified atom stereocenters. The zero-order chi connectivity index (χ0) is 10.4. The smallest absolute Gasteiger partial charge is 0.223 e. The van der Waals surface area contributed by atoms with Crippen LogP contribution >= 0.6 is 12.6 Å². The number of carbonyl (C=O) groups is 1. The van der Waals surface area contributed by atoms with Gasteiger partial charge in [0.15, 0.2) is 0 Å². The van der Waals surface area contributed by atoms with Crippen molar-refractivity contribution in [3.63, 3.8) is 0 Å². The molecule has 0 spiro atoms. The van der Waals surface area contributed by atoms with Gasteiger partial charge >= 0.3 is 0 Å². The SMILES string of the molecule is CC(CS)C(=O)NCc1ccncc1. The number of carbonyl (C=O) groups excluding carboxylic acids is 1. The van der Waals surface area contributed by atoms with E-state index in [9.17, 15) is 4.79 Å². The van der Waals surface area contributed by atoms with Crippen LogP contribution in [0.4, 0.5) is 0 Å². The normalized spacial score (nSPS) is 12.1. The summed E-state index contributed by atoms with van der Waals surface area (Å²) < 4.78 is 0. The average molecular weight is 210 g/mol. The molecule has 0 saturated carbocycles. The van der Waals surface area contributed by atoms with E-state index in [1.54, 1.807) is 12.4 Å². The van der Waals surface area contributed by atoms with Crippen molar-refractivity contribution in [1.29, 1.82) is 0 Å². The second-order valence-electron chi connectivity index (χ2n) is 3.16. The first kappa shape index (κ1) is 11.0. The molecule has 0 aliphatic rings. The zero-order valence-corrected chi connectivity index (χ0v) is 9.00. The van der Waals surface area contributed by atoms with Crippen molar-refractivity contribution in [1.82, 2.24) is 10.3 Å². The highest BCUT2D eigenvalue weighted by Crippen LogP contribution is 1.99. The van der Waals surface area contributed by atoms with Crippen molar-refractivity contribution in [3.8, 4) is 0 Å². The third-order valence-electron chi connectivity index (χ3n) is 1.94. The maximum Gasteiger partial charge on any atom is 0.223 e. The van der Waals surface area contributed by atoms with Gasteiger partial charge in [0.1, 0.15) is 0 Å². The van der Waals surface area contributed by atoms with Gasteiger partial charge in [0.05, 0.1) is 0 Å². The van der Waals surface area contributed by atoms with Crippen LogP contribution < -0.4 is 5.32 Å². The Morgan fingerprint density at radius 3 is 2.79 bits per heavy atom. The lowest BCUT2D eigenvalue weighted by Crippen LogP contribution is -2.29. The zero-order valence-electron chi connectivity index (χ0n) is 8.10. The molecule has 0 aliphatic heterocycles. The highest BCUT2D eigenvalue weighted by molar-refractivity contribution is 7.80. The van der Waals surface area contributed by atoms with E-state index in [1.807, 2.05) is 19.1 Å². The van der Waals surface area contributed by atoms with Crippen LogP contribution in [0.5, 0.6) is 0 Å². The summed E-state index contributed by atoms with van der Waals surface area (Å²) in [7, 11) is 0. The average Bonchev–Trinajstić information content (AvgIpc) is 2.26. The lowest BCUT2D eigenvalue weighted by molar-refractivity contribution is -0.123. The summed E-state index contributed by atoms with van der Waals surface area (Å²) in [6.45, 7) is 2.41.